The molecule has 4 nitrogen and oxygen atoms in total. The summed E-state index contributed by atoms with van der Waals surface area (Å²) in [7, 11) is 0. The number of rotatable bonds is 5. The molecule has 5 heteroatoms. The molecule has 0 saturated heterocycles. The summed E-state index contributed by atoms with van der Waals surface area (Å²) in [5, 5.41) is 4.70. The Morgan fingerprint density at radius 2 is 1.75 bits per heavy atom. The fraction of sp³-hybridized carbons (Fsp3) is 0.368. The van der Waals surface area contributed by atoms with Gasteiger partial charge in [-0.25, -0.2) is 9.37 Å². The van der Waals surface area contributed by atoms with Gasteiger partial charge < -0.3 is 4.57 Å². The minimum Gasteiger partial charge on any atom is -0.337 e. The molecule has 0 bridgehead atoms. The molecular formula is C19H23FN4. The Bertz CT molecular complexity index is 812. The third kappa shape index (κ3) is 3.40. The lowest BCUT2D eigenvalue weighted by atomic mass is 10.1. The standard InChI is InChI=1S/C19H23FN4/c1-13(2)9-23-11-18(21-12-23)17-10-24(14(3)4)22-19(17)15-5-7-16(20)8-6-15/h5-8,10-14H,9H2,1-4H3. The van der Waals surface area contributed by atoms with Crippen molar-refractivity contribution in [2.45, 2.75) is 40.3 Å². The molecule has 1 aromatic carbocycles. The van der Waals surface area contributed by atoms with Crippen LogP contribution in [-0.4, -0.2) is 19.3 Å². The summed E-state index contributed by atoms with van der Waals surface area (Å²) >= 11 is 0. The third-order valence-electron chi connectivity index (χ3n) is 3.86. The summed E-state index contributed by atoms with van der Waals surface area (Å²) < 4.78 is 17.3. The van der Waals surface area contributed by atoms with Gasteiger partial charge in [-0.1, -0.05) is 13.8 Å². The molecule has 0 amide bonds. The van der Waals surface area contributed by atoms with Crippen LogP contribution in [0.15, 0.2) is 43.0 Å². The first-order valence-corrected chi connectivity index (χ1v) is 8.31. The lowest BCUT2D eigenvalue weighted by Gasteiger charge is -2.04. The van der Waals surface area contributed by atoms with E-state index in [1.165, 1.54) is 12.1 Å². The smallest absolute Gasteiger partial charge is 0.123 e. The van der Waals surface area contributed by atoms with Gasteiger partial charge in [0.25, 0.3) is 0 Å². The SMILES string of the molecule is CC(C)Cn1cnc(-c2cn(C(C)C)nc2-c2ccc(F)cc2)c1. The second kappa shape index (κ2) is 6.59. The molecule has 0 aliphatic rings. The fourth-order valence-electron chi connectivity index (χ4n) is 2.69. The minimum absolute atomic E-state index is 0.246. The van der Waals surface area contributed by atoms with Gasteiger partial charge in [0.15, 0.2) is 0 Å². The van der Waals surface area contributed by atoms with Gasteiger partial charge in [0.05, 0.1) is 12.0 Å². The number of halogens is 1. The average molecular weight is 326 g/mol. The van der Waals surface area contributed by atoms with Crippen LogP contribution >= 0.6 is 0 Å². The van der Waals surface area contributed by atoms with Crippen molar-refractivity contribution in [2.75, 3.05) is 0 Å². The summed E-state index contributed by atoms with van der Waals surface area (Å²) in [5.41, 5.74) is 3.59. The van der Waals surface area contributed by atoms with E-state index in [-0.39, 0.29) is 11.9 Å². The van der Waals surface area contributed by atoms with Crippen LogP contribution in [0.25, 0.3) is 22.5 Å². The van der Waals surface area contributed by atoms with E-state index in [1.807, 2.05) is 17.2 Å². The number of benzene rings is 1. The number of hydrogen-bond acceptors (Lipinski definition) is 2. The lowest BCUT2D eigenvalue weighted by Crippen LogP contribution is -2.01. The summed E-state index contributed by atoms with van der Waals surface area (Å²) in [6.45, 7) is 9.46. The maximum atomic E-state index is 13.2. The van der Waals surface area contributed by atoms with Crippen LogP contribution < -0.4 is 0 Å². The zero-order valence-electron chi connectivity index (χ0n) is 14.6. The van der Waals surface area contributed by atoms with Crippen LogP contribution in [-0.2, 0) is 6.54 Å². The maximum Gasteiger partial charge on any atom is 0.123 e. The molecule has 24 heavy (non-hydrogen) atoms. The van der Waals surface area contributed by atoms with Gasteiger partial charge in [-0.3, -0.25) is 4.68 Å². The molecule has 0 fully saturated rings. The van der Waals surface area contributed by atoms with Crippen molar-refractivity contribution in [1.82, 2.24) is 19.3 Å². The first-order valence-electron chi connectivity index (χ1n) is 8.31. The molecule has 3 aromatic rings. The van der Waals surface area contributed by atoms with E-state index in [1.54, 1.807) is 12.1 Å². The summed E-state index contributed by atoms with van der Waals surface area (Å²) in [4.78, 5) is 4.55. The van der Waals surface area contributed by atoms with Crippen LogP contribution in [0.3, 0.4) is 0 Å². The third-order valence-corrected chi connectivity index (χ3v) is 3.86. The molecule has 0 aliphatic carbocycles. The van der Waals surface area contributed by atoms with E-state index in [4.69, 9.17) is 5.10 Å². The van der Waals surface area contributed by atoms with E-state index in [0.717, 1.165) is 29.1 Å². The van der Waals surface area contributed by atoms with E-state index >= 15 is 0 Å². The maximum absolute atomic E-state index is 13.2. The summed E-state index contributed by atoms with van der Waals surface area (Å²) in [6.07, 6.45) is 5.93. The van der Waals surface area contributed by atoms with Gasteiger partial charge in [0.2, 0.25) is 0 Å². The zero-order chi connectivity index (χ0) is 17.3. The molecule has 2 aromatic heterocycles. The average Bonchev–Trinajstić information content (AvgIpc) is 3.14. The highest BCUT2D eigenvalue weighted by Gasteiger charge is 2.16. The second-order valence-electron chi connectivity index (χ2n) is 6.82. The monoisotopic (exact) mass is 326 g/mol. The zero-order valence-corrected chi connectivity index (χ0v) is 14.6. The highest BCUT2D eigenvalue weighted by Crippen LogP contribution is 2.31. The predicted octanol–water partition coefficient (Wildman–Crippen LogP) is 4.79. The minimum atomic E-state index is -0.246. The van der Waals surface area contributed by atoms with Gasteiger partial charge in [0.1, 0.15) is 11.5 Å². The molecule has 3 rings (SSSR count). The lowest BCUT2D eigenvalue weighted by molar-refractivity contribution is 0.523. The summed E-state index contributed by atoms with van der Waals surface area (Å²) in [6, 6.07) is 6.69. The van der Waals surface area contributed by atoms with E-state index < -0.39 is 0 Å². The first kappa shape index (κ1) is 16.4. The Morgan fingerprint density at radius 1 is 1.04 bits per heavy atom. The molecule has 2 heterocycles. The Kier molecular flexibility index (Phi) is 4.51. The number of imidazole rings is 1. The molecule has 0 N–H and O–H groups in total. The normalized spacial score (nSPS) is 11.6. The first-order chi connectivity index (χ1) is 11.4. The van der Waals surface area contributed by atoms with Crippen LogP contribution in [0.1, 0.15) is 33.7 Å². The number of aromatic nitrogens is 4. The van der Waals surface area contributed by atoms with Gasteiger partial charge in [-0.2, -0.15) is 5.10 Å². The molecular weight excluding hydrogens is 303 g/mol. The van der Waals surface area contributed by atoms with Crippen molar-refractivity contribution in [3.63, 3.8) is 0 Å². The van der Waals surface area contributed by atoms with Crippen molar-refractivity contribution >= 4 is 0 Å². The van der Waals surface area contributed by atoms with E-state index in [9.17, 15) is 4.39 Å². The van der Waals surface area contributed by atoms with Crippen molar-refractivity contribution in [3.8, 4) is 22.5 Å². The van der Waals surface area contributed by atoms with Crippen LogP contribution in [0.5, 0.6) is 0 Å². The Hall–Kier alpha value is -2.43. The van der Waals surface area contributed by atoms with Crippen molar-refractivity contribution < 1.29 is 4.39 Å². The molecule has 0 spiro atoms. The quantitative estimate of drug-likeness (QED) is 0.676. The highest BCUT2D eigenvalue weighted by molar-refractivity contribution is 5.78. The molecule has 0 unspecified atom stereocenters. The Morgan fingerprint density at radius 3 is 2.38 bits per heavy atom. The van der Waals surface area contributed by atoms with Crippen molar-refractivity contribution in [1.29, 1.82) is 0 Å². The van der Waals surface area contributed by atoms with E-state index in [0.29, 0.717) is 5.92 Å². The van der Waals surface area contributed by atoms with Gasteiger partial charge in [0, 0.05) is 36.1 Å². The number of nitrogens with zero attached hydrogens (tertiary/aromatic N) is 4. The van der Waals surface area contributed by atoms with Crippen molar-refractivity contribution in [3.05, 3.63) is 48.8 Å². The number of hydrogen-bond donors (Lipinski definition) is 0. The van der Waals surface area contributed by atoms with Crippen LogP contribution in [0.2, 0.25) is 0 Å². The molecule has 0 atom stereocenters. The molecule has 0 saturated carbocycles. The second-order valence-corrected chi connectivity index (χ2v) is 6.82. The van der Waals surface area contributed by atoms with Gasteiger partial charge >= 0.3 is 0 Å². The topological polar surface area (TPSA) is 35.6 Å². The molecule has 126 valence electrons. The van der Waals surface area contributed by atoms with Crippen molar-refractivity contribution in [2.24, 2.45) is 5.92 Å². The van der Waals surface area contributed by atoms with Gasteiger partial charge in [-0.05, 0) is 44.0 Å². The molecule has 0 aliphatic heterocycles. The molecule has 0 radical (unpaired) electrons. The summed E-state index contributed by atoms with van der Waals surface area (Å²) in [5.74, 6) is 0.312. The fourth-order valence-corrected chi connectivity index (χ4v) is 2.69. The van der Waals surface area contributed by atoms with Gasteiger partial charge in [-0.15, -0.1) is 0 Å². The van der Waals surface area contributed by atoms with E-state index in [2.05, 4.69) is 43.4 Å². The van der Waals surface area contributed by atoms with Crippen LogP contribution in [0.4, 0.5) is 4.39 Å². The predicted molar refractivity (Wildman–Crippen MR) is 94.1 cm³/mol. The highest BCUT2D eigenvalue weighted by atomic mass is 19.1. The van der Waals surface area contributed by atoms with Crippen LogP contribution in [0, 0.1) is 11.7 Å². The largest absolute Gasteiger partial charge is 0.337 e. The Labute approximate surface area is 142 Å². The Balaban J connectivity index is 2.05.